The van der Waals surface area contributed by atoms with E-state index in [0.717, 1.165) is 29.0 Å². The van der Waals surface area contributed by atoms with Gasteiger partial charge in [0.05, 0.1) is 0 Å². The molecule has 2 unspecified atom stereocenters. The Bertz CT molecular complexity index is 629. The average Bonchev–Trinajstić information content (AvgIpc) is 2.48. The van der Waals surface area contributed by atoms with Crippen molar-refractivity contribution in [3.63, 3.8) is 0 Å². The van der Waals surface area contributed by atoms with Crippen LogP contribution in [0.25, 0.3) is 0 Å². The number of halogens is 3. The van der Waals surface area contributed by atoms with E-state index in [2.05, 4.69) is 33.4 Å². The molecule has 0 aliphatic carbocycles. The van der Waals surface area contributed by atoms with E-state index in [1.54, 1.807) is 12.1 Å². The van der Waals surface area contributed by atoms with Crippen molar-refractivity contribution in [1.29, 1.82) is 0 Å². The van der Waals surface area contributed by atoms with Gasteiger partial charge in [-0.3, -0.25) is 0 Å². The molecule has 1 N–H and O–H groups in total. The maximum absolute atomic E-state index is 13.3. The first-order valence-electron chi connectivity index (χ1n) is 7.06. The van der Waals surface area contributed by atoms with Gasteiger partial charge in [-0.1, -0.05) is 45.7 Å². The van der Waals surface area contributed by atoms with E-state index >= 15 is 0 Å². The van der Waals surface area contributed by atoms with Gasteiger partial charge in [-0.05, 0) is 54.3 Å². The zero-order valence-corrected chi connectivity index (χ0v) is 13.8. The molecule has 1 heterocycles. The number of rotatable bonds is 2. The molecule has 0 saturated carbocycles. The molecular weight excluding hydrogens is 353 g/mol. The van der Waals surface area contributed by atoms with Crippen LogP contribution in [0.2, 0.25) is 5.02 Å². The van der Waals surface area contributed by atoms with E-state index in [-0.39, 0.29) is 5.82 Å². The van der Waals surface area contributed by atoms with Crippen LogP contribution in [0.5, 0.6) is 0 Å². The second-order valence-electron chi connectivity index (χ2n) is 5.42. The second kappa shape index (κ2) is 6.47. The van der Waals surface area contributed by atoms with Gasteiger partial charge in [0, 0.05) is 22.0 Å². The van der Waals surface area contributed by atoms with Crippen LogP contribution in [0.15, 0.2) is 46.9 Å². The Morgan fingerprint density at radius 2 is 1.86 bits per heavy atom. The molecule has 1 saturated heterocycles. The summed E-state index contributed by atoms with van der Waals surface area (Å²) in [4.78, 5) is 0. The summed E-state index contributed by atoms with van der Waals surface area (Å²) in [6, 6.07) is 13.0. The molecule has 2 aromatic carbocycles. The first-order valence-corrected chi connectivity index (χ1v) is 8.23. The highest BCUT2D eigenvalue weighted by Gasteiger charge is 2.29. The Balaban J connectivity index is 1.96. The second-order valence-corrected chi connectivity index (χ2v) is 6.71. The molecule has 21 heavy (non-hydrogen) atoms. The van der Waals surface area contributed by atoms with Crippen molar-refractivity contribution >= 4 is 27.5 Å². The molecule has 2 aromatic rings. The highest BCUT2D eigenvalue weighted by atomic mass is 79.9. The highest BCUT2D eigenvalue weighted by Crippen LogP contribution is 2.40. The molecule has 110 valence electrons. The van der Waals surface area contributed by atoms with Crippen LogP contribution in [0.1, 0.15) is 29.4 Å². The van der Waals surface area contributed by atoms with E-state index < -0.39 is 0 Å². The lowest BCUT2D eigenvalue weighted by Crippen LogP contribution is -2.34. The van der Waals surface area contributed by atoms with Gasteiger partial charge in [-0.25, -0.2) is 4.39 Å². The number of piperidine rings is 1. The van der Waals surface area contributed by atoms with Crippen molar-refractivity contribution in [1.82, 2.24) is 5.32 Å². The summed E-state index contributed by atoms with van der Waals surface area (Å²) in [7, 11) is 0. The Morgan fingerprint density at radius 3 is 2.57 bits per heavy atom. The maximum Gasteiger partial charge on any atom is 0.124 e. The Morgan fingerprint density at radius 1 is 1.10 bits per heavy atom. The topological polar surface area (TPSA) is 12.0 Å². The van der Waals surface area contributed by atoms with Crippen LogP contribution in [0.3, 0.4) is 0 Å². The lowest BCUT2D eigenvalue weighted by Gasteiger charge is -2.33. The summed E-state index contributed by atoms with van der Waals surface area (Å²) >= 11 is 9.49. The predicted octanol–water partition coefficient (Wildman–Crippen LogP) is 5.10. The summed E-state index contributed by atoms with van der Waals surface area (Å²) < 4.78 is 14.2. The van der Waals surface area contributed by atoms with E-state index in [0.29, 0.717) is 11.8 Å². The number of benzene rings is 2. The summed E-state index contributed by atoms with van der Waals surface area (Å²) in [6.45, 7) is 1.91. The van der Waals surface area contributed by atoms with Gasteiger partial charge >= 0.3 is 0 Å². The normalized spacial score (nSPS) is 22.2. The maximum atomic E-state index is 13.3. The first kappa shape index (κ1) is 15.0. The lowest BCUT2D eigenvalue weighted by atomic mass is 9.77. The fourth-order valence-corrected chi connectivity index (χ4v) is 3.86. The minimum atomic E-state index is -0.206. The molecule has 3 rings (SSSR count). The van der Waals surface area contributed by atoms with Crippen LogP contribution in [-0.2, 0) is 0 Å². The minimum Gasteiger partial charge on any atom is -0.316 e. The zero-order chi connectivity index (χ0) is 14.8. The largest absolute Gasteiger partial charge is 0.316 e. The summed E-state index contributed by atoms with van der Waals surface area (Å²) in [5.41, 5.74) is 2.45. The molecule has 1 nitrogen and oxygen atoms in total. The van der Waals surface area contributed by atoms with Crippen LogP contribution in [-0.4, -0.2) is 13.1 Å². The third-order valence-electron chi connectivity index (χ3n) is 4.14. The first-order chi connectivity index (χ1) is 10.1. The van der Waals surface area contributed by atoms with Gasteiger partial charge in [0.15, 0.2) is 0 Å². The molecule has 2 atom stereocenters. The molecule has 1 aliphatic heterocycles. The van der Waals surface area contributed by atoms with Crippen molar-refractivity contribution in [2.45, 2.75) is 18.3 Å². The average molecular weight is 369 g/mol. The van der Waals surface area contributed by atoms with Crippen LogP contribution >= 0.6 is 27.5 Å². The van der Waals surface area contributed by atoms with Gasteiger partial charge in [0.25, 0.3) is 0 Å². The molecule has 0 aromatic heterocycles. The van der Waals surface area contributed by atoms with Gasteiger partial charge in [-0.2, -0.15) is 0 Å². The number of hydrogen-bond donors (Lipinski definition) is 1. The van der Waals surface area contributed by atoms with E-state index in [1.165, 1.54) is 11.1 Å². The summed E-state index contributed by atoms with van der Waals surface area (Å²) in [5, 5.41) is 4.21. The molecule has 0 bridgehead atoms. The van der Waals surface area contributed by atoms with Gasteiger partial charge in [0.1, 0.15) is 5.82 Å². The molecule has 1 aliphatic rings. The molecule has 1 fully saturated rings. The lowest BCUT2D eigenvalue weighted by molar-refractivity contribution is 0.403. The van der Waals surface area contributed by atoms with Crippen molar-refractivity contribution in [3.8, 4) is 0 Å². The summed E-state index contributed by atoms with van der Waals surface area (Å²) in [6.07, 6.45) is 1.04. The van der Waals surface area contributed by atoms with Gasteiger partial charge < -0.3 is 5.32 Å². The van der Waals surface area contributed by atoms with Crippen molar-refractivity contribution < 1.29 is 4.39 Å². The number of hydrogen-bond acceptors (Lipinski definition) is 1. The van der Waals surface area contributed by atoms with E-state index in [4.69, 9.17) is 11.6 Å². The Hall–Kier alpha value is -0.900. The predicted molar refractivity (Wildman–Crippen MR) is 88.5 cm³/mol. The number of nitrogens with one attached hydrogen (secondary N) is 1. The zero-order valence-electron chi connectivity index (χ0n) is 11.5. The van der Waals surface area contributed by atoms with Gasteiger partial charge in [-0.15, -0.1) is 0 Å². The van der Waals surface area contributed by atoms with Crippen LogP contribution in [0, 0.1) is 5.82 Å². The highest BCUT2D eigenvalue weighted by molar-refractivity contribution is 9.10. The Kier molecular flexibility index (Phi) is 4.63. The molecular formula is C17H16BrClFN. The third-order valence-corrected chi connectivity index (χ3v) is 5.08. The van der Waals surface area contributed by atoms with Crippen molar-refractivity contribution in [3.05, 3.63) is 68.9 Å². The minimum absolute atomic E-state index is 0.206. The third kappa shape index (κ3) is 3.31. The van der Waals surface area contributed by atoms with Crippen LogP contribution in [0.4, 0.5) is 4.39 Å². The fraction of sp³-hybridized carbons (Fsp3) is 0.294. The summed E-state index contributed by atoms with van der Waals surface area (Å²) in [5.74, 6) is 0.544. The van der Waals surface area contributed by atoms with Crippen molar-refractivity contribution in [2.75, 3.05) is 13.1 Å². The van der Waals surface area contributed by atoms with E-state index in [1.807, 2.05) is 18.2 Å². The SMILES string of the molecule is Fc1ccc(C2CCNCC2c2ccc(Cl)cc2)c(Br)c1. The van der Waals surface area contributed by atoms with Crippen LogP contribution < -0.4 is 5.32 Å². The molecule has 0 amide bonds. The fourth-order valence-electron chi connectivity index (χ4n) is 3.09. The quantitative estimate of drug-likeness (QED) is 0.777. The molecule has 0 radical (unpaired) electrons. The molecule has 0 spiro atoms. The monoisotopic (exact) mass is 367 g/mol. The van der Waals surface area contributed by atoms with E-state index in [9.17, 15) is 4.39 Å². The van der Waals surface area contributed by atoms with Crippen molar-refractivity contribution in [2.24, 2.45) is 0 Å². The molecule has 4 heteroatoms. The van der Waals surface area contributed by atoms with Gasteiger partial charge in [0.2, 0.25) is 0 Å². The smallest absolute Gasteiger partial charge is 0.124 e. The standard InChI is InChI=1S/C17H16BrClFN/c18-17-9-13(20)5-6-15(17)14-7-8-21-10-16(14)11-1-3-12(19)4-2-11/h1-6,9,14,16,21H,7-8,10H2. The Labute approximate surface area is 137 Å².